The van der Waals surface area contributed by atoms with Crippen molar-refractivity contribution in [2.75, 3.05) is 31.9 Å². The molecule has 0 spiro atoms. The molecule has 0 atom stereocenters. The lowest BCUT2D eigenvalue weighted by Crippen LogP contribution is -2.40. The van der Waals surface area contributed by atoms with Crippen LogP contribution in [0.25, 0.3) is 0 Å². The van der Waals surface area contributed by atoms with Crippen molar-refractivity contribution < 1.29 is 21.6 Å². The van der Waals surface area contributed by atoms with Gasteiger partial charge in [-0.1, -0.05) is 6.92 Å². The Balaban J connectivity index is 2.48. The summed E-state index contributed by atoms with van der Waals surface area (Å²) >= 11 is 0. The summed E-state index contributed by atoms with van der Waals surface area (Å²) in [5, 5.41) is 3.20. The lowest BCUT2D eigenvalue weighted by Gasteiger charge is -2.28. The fourth-order valence-electron chi connectivity index (χ4n) is 2.38. The van der Waals surface area contributed by atoms with Crippen LogP contribution < -0.4 is 5.32 Å². The van der Waals surface area contributed by atoms with E-state index in [4.69, 9.17) is 0 Å². The van der Waals surface area contributed by atoms with Gasteiger partial charge in [0.05, 0.1) is 5.75 Å². The van der Waals surface area contributed by atoms with Crippen molar-refractivity contribution in [3.05, 3.63) is 0 Å². The summed E-state index contributed by atoms with van der Waals surface area (Å²) in [5.41, 5.74) is 0. The molecule has 0 bridgehead atoms. The van der Waals surface area contributed by atoms with E-state index in [-0.39, 0.29) is 6.42 Å². The molecule has 0 aromatic heterocycles. The van der Waals surface area contributed by atoms with Gasteiger partial charge in [0.2, 0.25) is 10.0 Å². The minimum absolute atomic E-state index is 0.300. The van der Waals surface area contributed by atoms with Crippen molar-refractivity contribution in [3.63, 3.8) is 0 Å². The molecule has 0 saturated carbocycles. The van der Waals surface area contributed by atoms with E-state index in [9.17, 15) is 21.6 Å². The summed E-state index contributed by atoms with van der Waals surface area (Å²) in [6.45, 7) is 4.21. The van der Waals surface area contributed by atoms with Crippen LogP contribution in [0.4, 0.5) is 13.2 Å². The first kappa shape index (κ1) is 17.7. The highest BCUT2D eigenvalue weighted by Gasteiger charge is 2.29. The van der Waals surface area contributed by atoms with Gasteiger partial charge in [0.1, 0.15) is 0 Å². The first-order chi connectivity index (χ1) is 9.24. The standard InChI is InChI=1S/C12H23F3N2O2S/c1-2-17(10-11-4-7-16-8-5-11)20(18,19)9-3-6-12(13,14)15/h11,16H,2-10H2,1H3. The molecule has 20 heavy (non-hydrogen) atoms. The van der Waals surface area contributed by atoms with E-state index in [0.29, 0.717) is 19.0 Å². The molecule has 0 aromatic carbocycles. The van der Waals surface area contributed by atoms with Crippen molar-refractivity contribution in [2.45, 2.75) is 38.8 Å². The van der Waals surface area contributed by atoms with Gasteiger partial charge in [0.15, 0.2) is 0 Å². The van der Waals surface area contributed by atoms with Crippen molar-refractivity contribution >= 4 is 10.0 Å². The van der Waals surface area contributed by atoms with Gasteiger partial charge < -0.3 is 5.32 Å². The fraction of sp³-hybridized carbons (Fsp3) is 1.00. The van der Waals surface area contributed by atoms with Crippen LogP contribution in [0.15, 0.2) is 0 Å². The maximum Gasteiger partial charge on any atom is 0.389 e. The van der Waals surface area contributed by atoms with Crippen molar-refractivity contribution in [1.82, 2.24) is 9.62 Å². The monoisotopic (exact) mass is 316 g/mol. The number of nitrogens with zero attached hydrogens (tertiary/aromatic N) is 1. The van der Waals surface area contributed by atoms with Crippen LogP contribution >= 0.6 is 0 Å². The third kappa shape index (κ3) is 6.41. The smallest absolute Gasteiger partial charge is 0.317 e. The van der Waals surface area contributed by atoms with Crippen LogP contribution in [-0.2, 0) is 10.0 Å². The zero-order valence-electron chi connectivity index (χ0n) is 11.7. The third-order valence-electron chi connectivity index (χ3n) is 3.53. The van der Waals surface area contributed by atoms with E-state index in [1.165, 1.54) is 4.31 Å². The van der Waals surface area contributed by atoms with Crippen LogP contribution in [0.5, 0.6) is 0 Å². The quantitative estimate of drug-likeness (QED) is 0.781. The number of hydrogen-bond donors (Lipinski definition) is 1. The summed E-state index contributed by atoms with van der Waals surface area (Å²) in [4.78, 5) is 0. The molecule has 1 saturated heterocycles. The van der Waals surface area contributed by atoms with Gasteiger partial charge in [-0.3, -0.25) is 0 Å². The summed E-state index contributed by atoms with van der Waals surface area (Å²) < 4.78 is 61.7. The molecule has 1 aliphatic rings. The molecule has 1 N–H and O–H groups in total. The van der Waals surface area contributed by atoms with Gasteiger partial charge in [-0.2, -0.15) is 13.2 Å². The molecule has 0 aromatic rings. The Morgan fingerprint density at radius 1 is 1.25 bits per heavy atom. The molecule has 0 radical (unpaired) electrons. The van der Waals surface area contributed by atoms with E-state index >= 15 is 0 Å². The molecular weight excluding hydrogens is 293 g/mol. The summed E-state index contributed by atoms with van der Waals surface area (Å²) in [6, 6.07) is 0. The van der Waals surface area contributed by atoms with Crippen LogP contribution in [0.1, 0.15) is 32.6 Å². The number of alkyl halides is 3. The molecule has 4 nitrogen and oxygen atoms in total. The lowest BCUT2D eigenvalue weighted by molar-refractivity contribution is -0.134. The van der Waals surface area contributed by atoms with Gasteiger partial charge in [-0.05, 0) is 38.3 Å². The van der Waals surface area contributed by atoms with E-state index in [1.807, 2.05) is 0 Å². The third-order valence-corrected chi connectivity index (χ3v) is 5.53. The number of sulfonamides is 1. The van der Waals surface area contributed by atoms with Crippen LogP contribution in [-0.4, -0.2) is 50.8 Å². The largest absolute Gasteiger partial charge is 0.389 e. The normalized spacial score (nSPS) is 18.6. The summed E-state index contributed by atoms with van der Waals surface area (Å²) in [7, 11) is -3.58. The van der Waals surface area contributed by atoms with Gasteiger partial charge in [-0.15, -0.1) is 0 Å². The Bertz CT molecular complexity index is 379. The molecule has 1 heterocycles. The topological polar surface area (TPSA) is 49.4 Å². The Kier molecular flexibility index (Phi) is 6.74. The second-order valence-electron chi connectivity index (χ2n) is 5.18. The lowest BCUT2D eigenvalue weighted by atomic mass is 9.98. The van der Waals surface area contributed by atoms with Gasteiger partial charge in [-0.25, -0.2) is 12.7 Å². The maximum absolute atomic E-state index is 12.1. The Hall–Kier alpha value is -0.340. The Morgan fingerprint density at radius 2 is 1.85 bits per heavy atom. The average molecular weight is 316 g/mol. The minimum Gasteiger partial charge on any atom is -0.317 e. The molecule has 1 aliphatic heterocycles. The highest BCUT2D eigenvalue weighted by Crippen LogP contribution is 2.22. The van der Waals surface area contributed by atoms with Gasteiger partial charge in [0, 0.05) is 19.5 Å². The van der Waals surface area contributed by atoms with Gasteiger partial charge in [0.25, 0.3) is 0 Å². The van der Waals surface area contributed by atoms with Crippen molar-refractivity contribution in [1.29, 1.82) is 0 Å². The first-order valence-corrected chi connectivity index (χ1v) is 8.61. The molecular formula is C12H23F3N2O2S. The minimum atomic E-state index is -4.29. The second-order valence-corrected chi connectivity index (χ2v) is 7.27. The zero-order valence-corrected chi connectivity index (χ0v) is 12.6. The van der Waals surface area contributed by atoms with E-state index < -0.39 is 28.4 Å². The average Bonchev–Trinajstić information content (AvgIpc) is 2.35. The number of halogens is 3. The van der Waals surface area contributed by atoms with Crippen molar-refractivity contribution in [3.8, 4) is 0 Å². The first-order valence-electron chi connectivity index (χ1n) is 7.00. The number of hydrogen-bond acceptors (Lipinski definition) is 3. The van der Waals surface area contributed by atoms with E-state index in [0.717, 1.165) is 25.9 Å². The molecule has 0 aliphatic carbocycles. The number of nitrogens with one attached hydrogen (secondary N) is 1. The van der Waals surface area contributed by atoms with Crippen LogP contribution in [0, 0.1) is 5.92 Å². The summed E-state index contributed by atoms with van der Waals surface area (Å²) in [5.74, 6) is -0.126. The second kappa shape index (κ2) is 7.61. The van der Waals surface area contributed by atoms with Crippen LogP contribution in [0.2, 0.25) is 0 Å². The fourth-order valence-corrected chi connectivity index (χ4v) is 3.97. The number of piperidine rings is 1. The van der Waals surface area contributed by atoms with Crippen molar-refractivity contribution in [2.24, 2.45) is 5.92 Å². The number of rotatable bonds is 7. The molecule has 0 amide bonds. The molecule has 1 rings (SSSR count). The predicted octanol–water partition coefficient (Wildman–Crippen LogP) is 1.98. The van der Waals surface area contributed by atoms with Gasteiger partial charge >= 0.3 is 6.18 Å². The maximum atomic E-state index is 12.1. The highest BCUT2D eigenvalue weighted by molar-refractivity contribution is 7.89. The Labute approximate surface area is 118 Å². The van der Waals surface area contributed by atoms with E-state index in [2.05, 4.69) is 5.32 Å². The zero-order chi connectivity index (χ0) is 15.2. The molecule has 8 heteroatoms. The molecule has 120 valence electrons. The van der Waals surface area contributed by atoms with E-state index in [1.54, 1.807) is 6.92 Å². The SMILES string of the molecule is CCN(CC1CCNCC1)S(=O)(=O)CCCC(F)(F)F. The predicted molar refractivity (Wildman–Crippen MR) is 71.9 cm³/mol. The molecule has 1 fully saturated rings. The van der Waals surface area contributed by atoms with Crippen LogP contribution in [0.3, 0.4) is 0 Å². The summed E-state index contributed by atoms with van der Waals surface area (Å²) in [6.07, 6.45) is -3.88. The highest BCUT2D eigenvalue weighted by atomic mass is 32.2. The Morgan fingerprint density at radius 3 is 2.35 bits per heavy atom. The molecule has 0 unspecified atom stereocenters.